The number of fused-ring (bicyclic) bond motifs is 5. The van der Waals surface area contributed by atoms with Gasteiger partial charge in [-0.05, 0) is 121 Å². The molecule has 2 nitrogen and oxygen atoms in total. The number of anilines is 3. The van der Waals surface area contributed by atoms with Crippen molar-refractivity contribution >= 4 is 60.5 Å². The van der Waals surface area contributed by atoms with Crippen LogP contribution in [0.15, 0.2) is 229 Å². The van der Waals surface area contributed by atoms with E-state index in [-0.39, 0.29) is 0 Å². The van der Waals surface area contributed by atoms with Crippen LogP contribution in [0, 0.1) is 0 Å². The lowest BCUT2D eigenvalue weighted by molar-refractivity contribution is 0.669. The monoisotopic (exact) mass is 739 g/mol. The van der Waals surface area contributed by atoms with Crippen LogP contribution in [0.2, 0.25) is 0 Å². The Balaban J connectivity index is 1.01. The first-order valence-corrected chi connectivity index (χ1v) is 19.8. The zero-order valence-corrected chi connectivity index (χ0v) is 31.7. The van der Waals surface area contributed by atoms with Gasteiger partial charge in [-0.25, -0.2) is 0 Å². The highest BCUT2D eigenvalue weighted by Gasteiger charge is 2.20. The predicted molar refractivity (Wildman–Crippen MR) is 245 cm³/mol. The Morgan fingerprint density at radius 2 is 0.793 bits per heavy atom. The zero-order valence-electron chi connectivity index (χ0n) is 31.7. The molecule has 0 radical (unpaired) electrons. The average molecular weight is 740 g/mol. The third-order valence-electron chi connectivity index (χ3n) is 11.5. The maximum atomic E-state index is 6.77. The van der Waals surface area contributed by atoms with E-state index in [1.54, 1.807) is 0 Å². The van der Waals surface area contributed by atoms with Crippen molar-refractivity contribution < 1.29 is 4.42 Å². The topological polar surface area (TPSA) is 16.4 Å². The second kappa shape index (κ2) is 14.1. The van der Waals surface area contributed by atoms with Crippen LogP contribution >= 0.6 is 0 Å². The predicted octanol–water partition coefficient (Wildman–Crippen LogP) is 16.0. The molecule has 11 rings (SSSR count). The van der Waals surface area contributed by atoms with Crippen LogP contribution in [-0.2, 0) is 0 Å². The average Bonchev–Trinajstić information content (AvgIpc) is 3.68. The number of hydrogen-bond acceptors (Lipinski definition) is 2. The fraction of sp³-hybridized carbons (Fsp3) is 0. The Labute approximate surface area is 337 Å². The molecule has 0 spiro atoms. The van der Waals surface area contributed by atoms with Gasteiger partial charge in [0, 0.05) is 22.1 Å². The first-order chi connectivity index (χ1) is 28.7. The maximum Gasteiger partial charge on any atom is 0.159 e. The van der Waals surface area contributed by atoms with E-state index in [4.69, 9.17) is 4.42 Å². The van der Waals surface area contributed by atoms with E-state index in [9.17, 15) is 0 Å². The van der Waals surface area contributed by atoms with Gasteiger partial charge >= 0.3 is 0 Å². The number of rotatable bonds is 7. The van der Waals surface area contributed by atoms with Crippen LogP contribution in [-0.4, -0.2) is 0 Å². The van der Waals surface area contributed by atoms with Crippen molar-refractivity contribution in [3.63, 3.8) is 0 Å². The standard InChI is InChI=1S/C56H37NO/c1-3-11-38(12-4-1)43-21-23-46-36-44(22-24-45(46)35-43)40-25-30-48(31-26-40)57(49-32-27-42(28-33-49)51-18-9-16-41-15-7-8-17-50(41)51)54-20-10-19-52-53-37-47(39-13-5-2-6-14-39)29-34-55(53)58-56(52)54/h1-37H. The summed E-state index contributed by atoms with van der Waals surface area (Å²) in [5.41, 5.74) is 14.4. The van der Waals surface area contributed by atoms with Crippen molar-refractivity contribution in [1.29, 1.82) is 0 Å². The van der Waals surface area contributed by atoms with Gasteiger partial charge in [-0.2, -0.15) is 0 Å². The highest BCUT2D eigenvalue weighted by Crippen LogP contribution is 2.44. The minimum Gasteiger partial charge on any atom is -0.454 e. The van der Waals surface area contributed by atoms with Gasteiger partial charge in [0.2, 0.25) is 0 Å². The van der Waals surface area contributed by atoms with Crippen molar-refractivity contribution in [1.82, 2.24) is 0 Å². The van der Waals surface area contributed by atoms with E-state index < -0.39 is 0 Å². The summed E-state index contributed by atoms with van der Waals surface area (Å²) in [6.07, 6.45) is 0. The van der Waals surface area contributed by atoms with Crippen LogP contribution in [0.3, 0.4) is 0 Å². The molecular weight excluding hydrogens is 703 g/mol. The molecule has 0 fully saturated rings. The molecule has 0 aliphatic rings. The van der Waals surface area contributed by atoms with Gasteiger partial charge in [0.1, 0.15) is 5.58 Å². The van der Waals surface area contributed by atoms with E-state index in [0.29, 0.717) is 0 Å². The van der Waals surface area contributed by atoms with Gasteiger partial charge in [-0.1, -0.05) is 170 Å². The summed E-state index contributed by atoms with van der Waals surface area (Å²) in [4.78, 5) is 2.32. The highest BCUT2D eigenvalue weighted by molar-refractivity contribution is 6.11. The van der Waals surface area contributed by atoms with Gasteiger partial charge in [0.05, 0.1) is 5.69 Å². The van der Waals surface area contributed by atoms with Crippen LogP contribution < -0.4 is 4.90 Å². The summed E-state index contributed by atoms with van der Waals surface area (Å²) in [7, 11) is 0. The Hall–Kier alpha value is -7.68. The molecule has 0 atom stereocenters. The van der Waals surface area contributed by atoms with Crippen LogP contribution in [0.4, 0.5) is 17.1 Å². The lowest BCUT2D eigenvalue weighted by atomic mass is 9.97. The Bertz CT molecular complexity index is 3250. The molecule has 0 saturated carbocycles. The van der Waals surface area contributed by atoms with Gasteiger partial charge in [-0.3, -0.25) is 0 Å². The molecule has 2 heteroatoms. The lowest BCUT2D eigenvalue weighted by Crippen LogP contribution is -2.10. The molecule has 272 valence electrons. The molecule has 0 bridgehead atoms. The quantitative estimate of drug-likeness (QED) is 0.162. The molecular formula is C56H37NO. The fourth-order valence-corrected chi connectivity index (χ4v) is 8.50. The van der Waals surface area contributed by atoms with E-state index in [1.165, 1.54) is 66.1 Å². The molecule has 0 N–H and O–H groups in total. The Kier molecular flexibility index (Phi) is 8.19. The normalized spacial score (nSPS) is 11.4. The van der Waals surface area contributed by atoms with Crippen molar-refractivity contribution in [3.8, 4) is 44.5 Å². The smallest absolute Gasteiger partial charge is 0.159 e. The Morgan fingerprint density at radius 3 is 1.47 bits per heavy atom. The molecule has 11 aromatic rings. The molecule has 10 aromatic carbocycles. The molecule has 1 aromatic heterocycles. The number of hydrogen-bond donors (Lipinski definition) is 0. The summed E-state index contributed by atoms with van der Waals surface area (Å²) in [6.45, 7) is 0. The van der Waals surface area contributed by atoms with Crippen molar-refractivity contribution in [2.24, 2.45) is 0 Å². The third-order valence-corrected chi connectivity index (χ3v) is 11.5. The molecule has 0 saturated heterocycles. The molecule has 1 heterocycles. The summed E-state index contributed by atoms with van der Waals surface area (Å²) in [5.74, 6) is 0. The van der Waals surface area contributed by atoms with Gasteiger partial charge in [0.25, 0.3) is 0 Å². The first kappa shape index (κ1) is 33.6. The maximum absolute atomic E-state index is 6.77. The number of benzene rings is 10. The van der Waals surface area contributed by atoms with E-state index >= 15 is 0 Å². The number of furan rings is 1. The van der Waals surface area contributed by atoms with Gasteiger partial charge in [-0.15, -0.1) is 0 Å². The van der Waals surface area contributed by atoms with Gasteiger partial charge < -0.3 is 9.32 Å². The van der Waals surface area contributed by atoms with Crippen molar-refractivity contribution in [2.75, 3.05) is 4.90 Å². The third kappa shape index (κ3) is 6.00. The van der Waals surface area contributed by atoms with Crippen LogP contribution in [0.25, 0.3) is 88.0 Å². The molecule has 0 unspecified atom stereocenters. The largest absolute Gasteiger partial charge is 0.454 e. The molecule has 58 heavy (non-hydrogen) atoms. The zero-order chi connectivity index (χ0) is 38.4. The summed E-state index contributed by atoms with van der Waals surface area (Å²) in [5, 5.41) is 7.13. The van der Waals surface area contributed by atoms with E-state index in [0.717, 1.165) is 39.0 Å². The SMILES string of the molecule is c1ccc(-c2ccc3cc(-c4ccc(N(c5ccc(-c6cccc7ccccc67)cc5)c5cccc6c5oc5ccc(-c7ccccc7)cc56)cc4)ccc3c2)cc1. The molecule has 0 amide bonds. The lowest BCUT2D eigenvalue weighted by Gasteiger charge is -2.26. The van der Waals surface area contributed by atoms with Crippen molar-refractivity contribution in [2.45, 2.75) is 0 Å². The first-order valence-electron chi connectivity index (χ1n) is 19.8. The summed E-state index contributed by atoms with van der Waals surface area (Å²) >= 11 is 0. The number of nitrogens with zero attached hydrogens (tertiary/aromatic N) is 1. The Morgan fingerprint density at radius 1 is 0.293 bits per heavy atom. The second-order valence-corrected chi connectivity index (χ2v) is 14.9. The van der Waals surface area contributed by atoms with Crippen LogP contribution in [0.1, 0.15) is 0 Å². The summed E-state index contributed by atoms with van der Waals surface area (Å²) < 4.78 is 6.77. The minimum atomic E-state index is 0.856. The fourth-order valence-electron chi connectivity index (χ4n) is 8.50. The second-order valence-electron chi connectivity index (χ2n) is 14.9. The highest BCUT2D eigenvalue weighted by atomic mass is 16.3. The molecule has 0 aliphatic heterocycles. The van der Waals surface area contributed by atoms with Crippen LogP contribution in [0.5, 0.6) is 0 Å². The van der Waals surface area contributed by atoms with Gasteiger partial charge in [0.15, 0.2) is 5.58 Å². The van der Waals surface area contributed by atoms with E-state index in [1.807, 2.05) is 0 Å². The number of para-hydroxylation sites is 1. The summed E-state index contributed by atoms with van der Waals surface area (Å²) in [6, 6.07) is 80.6. The molecule has 0 aliphatic carbocycles. The minimum absolute atomic E-state index is 0.856. The van der Waals surface area contributed by atoms with Crippen molar-refractivity contribution in [3.05, 3.63) is 224 Å². The van der Waals surface area contributed by atoms with E-state index in [2.05, 4.69) is 229 Å².